The van der Waals surface area contributed by atoms with Crippen LogP contribution in [0.2, 0.25) is 0 Å². The van der Waals surface area contributed by atoms with Gasteiger partial charge in [0.1, 0.15) is 11.7 Å². The Balaban J connectivity index is 1.54. The van der Waals surface area contributed by atoms with Crippen LogP contribution in [0, 0.1) is 11.3 Å². The summed E-state index contributed by atoms with van der Waals surface area (Å²) in [4.78, 5) is 22.3. The van der Waals surface area contributed by atoms with Gasteiger partial charge in [-0.3, -0.25) is 14.4 Å². The molecule has 2 N–H and O–H groups in total. The number of hydrogen-bond acceptors (Lipinski definition) is 6. The van der Waals surface area contributed by atoms with Gasteiger partial charge in [0.05, 0.1) is 36.3 Å². The Morgan fingerprint density at radius 3 is 2.89 bits per heavy atom. The van der Waals surface area contributed by atoms with E-state index in [4.69, 9.17) is 10.00 Å². The highest BCUT2D eigenvalue weighted by Crippen LogP contribution is 2.24. The summed E-state index contributed by atoms with van der Waals surface area (Å²) in [6.45, 7) is 4.90. The fourth-order valence-corrected chi connectivity index (χ4v) is 3.36. The normalized spacial score (nSPS) is 16.0. The van der Waals surface area contributed by atoms with Crippen molar-refractivity contribution in [1.82, 2.24) is 30.0 Å². The molecule has 3 aromatic rings. The van der Waals surface area contributed by atoms with Crippen LogP contribution in [0.4, 0.5) is 0 Å². The first-order valence-electron chi connectivity index (χ1n) is 9.11. The molecule has 4 heterocycles. The first-order valence-corrected chi connectivity index (χ1v) is 9.11. The Labute approximate surface area is 161 Å². The molecule has 0 saturated carbocycles. The molecule has 0 spiro atoms. The standard InChI is InChI=1S/C19H21N7O2/c1-12(26-3-5-28-6-4-26)22-19(27)16-9-17(25(2)24-16)15-8-14-7-13(10-20)11-21-18(14)23-15/h7-9,11-12H,3-6H2,1-2H3,(H,21,23)(H,22,27). The third-order valence-corrected chi connectivity index (χ3v) is 4.92. The van der Waals surface area contributed by atoms with Crippen molar-refractivity contribution in [2.75, 3.05) is 26.3 Å². The Morgan fingerprint density at radius 2 is 2.14 bits per heavy atom. The molecule has 1 aliphatic heterocycles. The van der Waals surface area contributed by atoms with E-state index in [9.17, 15) is 4.79 Å². The van der Waals surface area contributed by atoms with E-state index >= 15 is 0 Å². The largest absolute Gasteiger partial charge is 0.379 e. The van der Waals surface area contributed by atoms with E-state index < -0.39 is 0 Å². The molecule has 4 rings (SSSR count). The van der Waals surface area contributed by atoms with Crippen LogP contribution < -0.4 is 5.32 Å². The Morgan fingerprint density at radius 1 is 1.36 bits per heavy atom. The Hall–Kier alpha value is -3.22. The number of pyridine rings is 1. The number of amides is 1. The highest BCUT2D eigenvalue weighted by atomic mass is 16.5. The van der Waals surface area contributed by atoms with E-state index in [1.165, 1.54) is 6.20 Å². The summed E-state index contributed by atoms with van der Waals surface area (Å²) < 4.78 is 7.01. The van der Waals surface area contributed by atoms with Gasteiger partial charge >= 0.3 is 0 Å². The average Bonchev–Trinajstić information content (AvgIpc) is 3.31. The van der Waals surface area contributed by atoms with Crippen LogP contribution in [0.5, 0.6) is 0 Å². The summed E-state index contributed by atoms with van der Waals surface area (Å²) in [5.74, 6) is -0.221. The van der Waals surface area contributed by atoms with E-state index in [0.717, 1.165) is 29.9 Å². The molecule has 28 heavy (non-hydrogen) atoms. The van der Waals surface area contributed by atoms with E-state index in [1.54, 1.807) is 23.9 Å². The third-order valence-electron chi connectivity index (χ3n) is 4.92. The van der Waals surface area contributed by atoms with Gasteiger partial charge in [0.15, 0.2) is 5.69 Å². The van der Waals surface area contributed by atoms with Gasteiger partial charge in [-0.25, -0.2) is 4.98 Å². The van der Waals surface area contributed by atoms with Gasteiger partial charge in [-0.15, -0.1) is 0 Å². The zero-order valence-electron chi connectivity index (χ0n) is 15.8. The number of nitriles is 1. The fourth-order valence-electron chi connectivity index (χ4n) is 3.36. The first kappa shape index (κ1) is 18.2. The van der Waals surface area contributed by atoms with Crippen LogP contribution in [0.25, 0.3) is 22.4 Å². The molecule has 0 radical (unpaired) electrons. The van der Waals surface area contributed by atoms with Crippen LogP contribution in [0.3, 0.4) is 0 Å². The monoisotopic (exact) mass is 379 g/mol. The zero-order valence-corrected chi connectivity index (χ0v) is 15.8. The predicted octanol–water partition coefficient (Wildman–Crippen LogP) is 1.24. The molecule has 1 atom stereocenters. The molecular formula is C19H21N7O2. The maximum atomic E-state index is 12.6. The highest BCUT2D eigenvalue weighted by molar-refractivity contribution is 5.94. The Bertz CT molecular complexity index is 1060. The van der Waals surface area contributed by atoms with Gasteiger partial charge in [0, 0.05) is 31.7 Å². The number of morpholine rings is 1. The zero-order chi connectivity index (χ0) is 19.7. The van der Waals surface area contributed by atoms with Crippen molar-refractivity contribution in [2.45, 2.75) is 13.1 Å². The first-order chi connectivity index (χ1) is 13.5. The van der Waals surface area contributed by atoms with Gasteiger partial charge in [0.25, 0.3) is 5.91 Å². The van der Waals surface area contributed by atoms with Crippen LogP contribution in [0.15, 0.2) is 24.4 Å². The number of aryl methyl sites for hydroxylation is 1. The van der Waals surface area contributed by atoms with Gasteiger partial charge in [-0.05, 0) is 25.1 Å². The summed E-state index contributed by atoms with van der Waals surface area (Å²) in [6, 6.07) is 7.51. The van der Waals surface area contributed by atoms with E-state index in [-0.39, 0.29) is 12.1 Å². The maximum Gasteiger partial charge on any atom is 0.273 e. The number of aromatic nitrogens is 4. The molecular weight excluding hydrogens is 358 g/mol. The number of ether oxygens (including phenoxy) is 1. The molecule has 1 saturated heterocycles. The van der Waals surface area contributed by atoms with Gasteiger partial charge < -0.3 is 15.0 Å². The smallest absolute Gasteiger partial charge is 0.273 e. The summed E-state index contributed by atoms with van der Waals surface area (Å²) in [6.07, 6.45) is 1.43. The van der Waals surface area contributed by atoms with Crippen LogP contribution in [0.1, 0.15) is 23.0 Å². The van der Waals surface area contributed by atoms with Gasteiger partial charge in [-0.2, -0.15) is 10.4 Å². The number of nitrogens with one attached hydrogen (secondary N) is 2. The molecule has 3 aromatic heterocycles. The minimum atomic E-state index is -0.221. The summed E-state index contributed by atoms with van der Waals surface area (Å²) in [5, 5.41) is 17.2. The molecule has 1 aliphatic rings. The van der Waals surface area contributed by atoms with Gasteiger partial charge in [0.2, 0.25) is 0 Å². The molecule has 1 amide bonds. The lowest BCUT2D eigenvalue weighted by Crippen LogP contribution is -2.50. The average molecular weight is 379 g/mol. The van der Waals surface area contributed by atoms with E-state index in [2.05, 4.69) is 31.4 Å². The SMILES string of the molecule is CC(NC(=O)c1cc(-c2cc3cc(C#N)cnc3[nH]2)n(C)n1)N1CCOCC1. The van der Waals surface area contributed by atoms with Crippen molar-refractivity contribution in [3.63, 3.8) is 0 Å². The summed E-state index contributed by atoms with van der Waals surface area (Å²) >= 11 is 0. The van der Waals surface area contributed by atoms with Crippen LogP contribution >= 0.6 is 0 Å². The number of carbonyl (C=O) groups excluding carboxylic acids is 1. The quantitative estimate of drug-likeness (QED) is 0.705. The number of fused-ring (bicyclic) bond motifs is 1. The van der Waals surface area contributed by atoms with Crippen molar-refractivity contribution < 1.29 is 9.53 Å². The van der Waals surface area contributed by atoms with Crippen molar-refractivity contribution in [3.8, 4) is 17.5 Å². The third kappa shape index (κ3) is 3.47. The lowest BCUT2D eigenvalue weighted by Gasteiger charge is -2.32. The molecule has 144 valence electrons. The van der Waals surface area contributed by atoms with Crippen molar-refractivity contribution >= 4 is 16.9 Å². The summed E-state index contributed by atoms with van der Waals surface area (Å²) in [7, 11) is 1.79. The lowest BCUT2D eigenvalue weighted by molar-refractivity contribution is 0.0132. The molecule has 1 unspecified atom stereocenters. The second kappa shape index (κ2) is 7.42. The molecule has 0 bridgehead atoms. The van der Waals surface area contributed by atoms with E-state index in [0.29, 0.717) is 30.1 Å². The predicted molar refractivity (Wildman–Crippen MR) is 102 cm³/mol. The van der Waals surface area contributed by atoms with Crippen LogP contribution in [-0.4, -0.2) is 63.0 Å². The minimum Gasteiger partial charge on any atom is -0.379 e. The second-order valence-corrected chi connectivity index (χ2v) is 6.79. The second-order valence-electron chi connectivity index (χ2n) is 6.79. The molecule has 9 heteroatoms. The minimum absolute atomic E-state index is 0.0939. The molecule has 9 nitrogen and oxygen atoms in total. The highest BCUT2D eigenvalue weighted by Gasteiger charge is 2.21. The number of H-pyrrole nitrogens is 1. The molecule has 1 fully saturated rings. The topological polar surface area (TPSA) is 112 Å². The van der Waals surface area contributed by atoms with Crippen molar-refractivity contribution in [3.05, 3.63) is 35.7 Å². The number of hydrogen-bond donors (Lipinski definition) is 2. The molecule has 0 aliphatic carbocycles. The Kier molecular flexibility index (Phi) is 4.81. The van der Waals surface area contributed by atoms with Crippen molar-refractivity contribution in [1.29, 1.82) is 5.26 Å². The number of nitrogens with zero attached hydrogens (tertiary/aromatic N) is 5. The maximum absolute atomic E-state index is 12.6. The summed E-state index contributed by atoms with van der Waals surface area (Å²) in [5.41, 5.74) is 3.08. The van der Waals surface area contributed by atoms with Gasteiger partial charge in [-0.1, -0.05) is 0 Å². The van der Waals surface area contributed by atoms with Crippen LogP contribution in [-0.2, 0) is 11.8 Å². The number of carbonyl (C=O) groups is 1. The number of aromatic amines is 1. The molecule has 0 aromatic carbocycles. The lowest BCUT2D eigenvalue weighted by atomic mass is 10.2. The van der Waals surface area contributed by atoms with E-state index in [1.807, 2.05) is 13.0 Å². The van der Waals surface area contributed by atoms with Crippen molar-refractivity contribution in [2.24, 2.45) is 7.05 Å². The number of rotatable bonds is 4. The fraction of sp³-hybridized carbons (Fsp3) is 0.368.